The molecule has 0 bridgehead atoms. The molecule has 0 aliphatic carbocycles. The SMILES string of the molecule is CCOc1ccncc1C(O)CCCc1nc2ccc(OC(F)(F)F)cc2s1. The monoisotopic (exact) mass is 412 g/mol. The van der Waals surface area contributed by atoms with Gasteiger partial charge >= 0.3 is 6.36 Å². The van der Waals surface area contributed by atoms with Crippen molar-refractivity contribution < 1.29 is 27.8 Å². The van der Waals surface area contributed by atoms with Crippen LogP contribution in [0.2, 0.25) is 0 Å². The lowest BCUT2D eigenvalue weighted by atomic mass is 10.0. The third-order valence-electron chi connectivity index (χ3n) is 3.97. The molecular weight excluding hydrogens is 393 g/mol. The highest BCUT2D eigenvalue weighted by atomic mass is 32.1. The van der Waals surface area contributed by atoms with Gasteiger partial charge in [0.25, 0.3) is 0 Å². The average molecular weight is 412 g/mol. The van der Waals surface area contributed by atoms with Gasteiger partial charge in [-0.1, -0.05) is 0 Å². The van der Waals surface area contributed by atoms with Gasteiger partial charge in [-0.15, -0.1) is 24.5 Å². The average Bonchev–Trinajstić information content (AvgIpc) is 3.03. The molecule has 0 aliphatic rings. The van der Waals surface area contributed by atoms with Crippen molar-refractivity contribution in [2.45, 2.75) is 38.7 Å². The summed E-state index contributed by atoms with van der Waals surface area (Å²) < 4.78 is 47.1. The van der Waals surface area contributed by atoms with E-state index in [2.05, 4.69) is 14.7 Å². The maximum absolute atomic E-state index is 12.3. The van der Waals surface area contributed by atoms with Crippen molar-refractivity contribution in [2.75, 3.05) is 6.61 Å². The van der Waals surface area contributed by atoms with E-state index in [0.29, 0.717) is 47.4 Å². The number of aromatic nitrogens is 2. The number of thiazole rings is 1. The van der Waals surface area contributed by atoms with E-state index in [-0.39, 0.29) is 5.75 Å². The Morgan fingerprint density at radius 1 is 1.25 bits per heavy atom. The molecule has 2 aromatic heterocycles. The molecule has 2 heterocycles. The minimum atomic E-state index is -4.72. The quantitative estimate of drug-likeness (QED) is 0.561. The standard InChI is InChI=1S/C19H19F3N2O3S/c1-2-26-16-8-9-23-11-13(16)15(25)4-3-5-18-24-14-7-6-12(10-17(14)28-18)27-19(20,21)22/h6-11,15,25H,2-5H2,1H3. The van der Waals surface area contributed by atoms with Gasteiger partial charge in [0.15, 0.2) is 0 Å². The molecule has 3 rings (SSSR count). The molecule has 3 aromatic rings. The zero-order valence-electron chi connectivity index (χ0n) is 15.1. The zero-order valence-corrected chi connectivity index (χ0v) is 15.9. The molecule has 1 N–H and O–H groups in total. The van der Waals surface area contributed by atoms with Crippen LogP contribution in [0.15, 0.2) is 36.7 Å². The lowest BCUT2D eigenvalue weighted by Gasteiger charge is -2.14. The van der Waals surface area contributed by atoms with E-state index in [9.17, 15) is 18.3 Å². The number of halogens is 3. The number of ether oxygens (including phenoxy) is 2. The molecule has 1 unspecified atom stereocenters. The van der Waals surface area contributed by atoms with Gasteiger partial charge in [-0.05, 0) is 50.5 Å². The number of nitrogens with zero attached hydrogens (tertiary/aromatic N) is 2. The molecule has 9 heteroatoms. The van der Waals surface area contributed by atoms with Gasteiger partial charge in [0, 0.05) is 18.0 Å². The zero-order chi connectivity index (χ0) is 20.1. The van der Waals surface area contributed by atoms with Crippen LogP contribution in [0.1, 0.15) is 36.4 Å². The molecule has 0 fully saturated rings. The van der Waals surface area contributed by atoms with E-state index in [1.807, 2.05) is 6.92 Å². The Hall–Kier alpha value is -2.39. The van der Waals surface area contributed by atoms with Gasteiger partial charge in [-0.2, -0.15) is 0 Å². The molecule has 1 aromatic carbocycles. The largest absolute Gasteiger partial charge is 0.573 e. The van der Waals surface area contributed by atoms with Crippen LogP contribution in [-0.2, 0) is 6.42 Å². The highest BCUT2D eigenvalue weighted by Gasteiger charge is 2.31. The van der Waals surface area contributed by atoms with E-state index >= 15 is 0 Å². The number of hydrogen-bond acceptors (Lipinski definition) is 6. The molecule has 150 valence electrons. The normalized spacial score (nSPS) is 12.9. The molecule has 28 heavy (non-hydrogen) atoms. The van der Waals surface area contributed by atoms with Gasteiger partial charge in [-0.25, -0.2) is 4.98 Å². The number of pyridine rings is 1. The van der Waals surface area contributed by atoms with Crippen LogP contribution in [0.3, 0.4) is 0 Å². The third kappa shape index (κ3) is 5.32. The molecular formula is C19H19F3N2O3S. The Bertz CT molecular complexity index is 930. The number of aryl methyl sites for hydroxylation is 1. The molecule has 0 aliphatic heterocycles. The molecule has 0 radical (unpaired) electrons. The van der Waals surface area contributed by atoms with Crippen molar-refractivity contribution in [2.24, 2.45) is 0 Å². The van der Waals surface area contributed by atoms with Crippen LogP contribution in [0, 0.1) is 0 Å². The number of alkyl halides is 3. The minimum absolute atomic E-state index is 0.259. The molecule has 0 saturated heterocycles. The number of hydrogen-bond donors (Lipinski definition) is 1. The second-order valence-electron chi connectivity index (χ2n) is 6.04. The first-order valence-electron chi connectivity index (χ1n) is 8.75. The Labute approximate surface area is 163 Å². The summed E-state index contributed by atoms with van der Waals surface area (Å²) in [4.78, 5) is 8.46. The fraction of sp³-hybridized carbons (Fsp3) is 0.368. The van der Waals surface area contributed by atoms with Crippen LogP contribution in [0.5, 0.6) is 11.5 Å². The van der Waals surface area contributed by atoms with Crippen molar-refractivity contribution in [1.29, 1.82) is 0 Å². The van der Waals surface area contributed by atoms with Gasteiger partial charge in [0.2, 0.25) is 0 Å². The summed E-state index contributed by atoms with van der Waals surface area (Å²) in [6, 6.07) is 5.81. The van der Waals surface area contributed by atoms with Crippen molar-refractivity contribution in [3.05, 3.63) is 47.2 Å². The predicted molar refractivity (Wildman–Crippen MR) is 99.6 cm³/mol. The van der Waals surface area contributed by atoms with Crippen molar-refractivity contribution >= 4 is 21.6 Å². The molecule has 1 atom stereocenters. The molecule has 0 saturated carbocycles. The van der Waals surface area contributed by atoms with E-state index in [4.69, 9.17) is 4.74 Å². The van der Waals surface area contributed by atoms with E-state index < -0.39 is 12.5 Å². The van der Waals surface area contributed by atoms with Gasteiger partial charge in [-0.3, -0.25) is 4.98 Å². The first kappa shape index (κ1) is 20.3. The maximum Gasteiger partial charge on any atom is 0.573 e. The van der Waals surface area contributed by atoms with Crippen LogP contribution >= 0.6 is 11.3 Å². The van der Waals surface area contributed by atoms with Gasteiger partial charge in [0.05, 0.1) is 27.9 Å². The smallest absolute Gasteiger partial charge is 0.493 e. The van der Waals surface area contributed by atoms with Crippen LogP contribution in [0.25, 0.3) is 10.2 Å². The first-order chi connectivity index (χ1) is 13.4. The summed E-state index contributed by atoms with van der Waals surface area (Å²) in [5.74, 6) is 0.354. The molecule has 0 spiro atoms. The van der Waals surface area contributed by atoms with E-state index in [1.165, 1.54) is 29.5 Å². The summed E-state index contributed by atoms with van der Waals surface area (Å²) in [5.41, 5.74) is 1.27. The van der Waals surface area contributed by atoms with Crippen molar-refractivity contribution in [1.82, 2.24) is 9.97 Å². The molecule has 0 amide bonds. The number of benzene rings is 1. The number of rotatable bonds is 8. The Morgan fingerprint density at radius 2 is 2.07 bits per heavy atom. The number of fused-ring (bicyclic) bond motifs is 1. The lowest BCUT2D eigenvalue weighted by Crippen LogP contribution is -2.16. The summed E-state index contributed by atoms with van der Waals surface area (Å²) in [7, 11) is 0. The summed E-state index contributed by atoms with van der Waals surface area (Å²) >= 11 is 1.32. The maximum atomic E-state index is 12.3. The predicted octanol–water partition coefficient (Wildman–Crippen LogP) is 5.04. The van der Waals surface area contributed by atoms with Gasteiger partial charge in [0.1, 0.15) is 11.5 Å². The first-order valence-corrected chi connectivity index (χ1v) is 9.57. The van der Waals surface area contributed by atoms with Gasteiger partial charge < -0.3 is 14.6 Å². The van der Waals surface area contributed by atoms with Crippen molar-refractivity contribution in [3.63, 3.8) is 0 Å². The second-order valence-corrected chi connectivity index (χ2v) is 7.15. The summed E-state index contributed by atoms with van der Waals surface area (Å²) in [5, 5.41) is 11.2. The van der Waals surface area contributed by atoms with Crippen LogP contribution < -0.4 is 9.47 Å². The van der Waals surface area contributed by atoms with E-state index in [1.54, 1.807) is 18.5 Å². The fourth-order valence-electron chi connectivity index (χ4n) is 2.79. The Kier molecular flexibility index (Phi) is 6.35. The van der Waals surface area contributed by atoms with Crippen LogP contribution in [0.4, 0.5) is 13.2 Å². The number of aliphatic hydroxyl groups is 1. The van der Waals surface area contributed by atoms with Crippen LogP contribution in [-0.4, -0.2) is 28.0 Å². The topological polar surface area (TPSA) is 64.5 Å². The lowest BCUT2D eigenvalue weighted by molar-refractivity contribution is -0.274. The Morgan fingerprint density at radius 3 is 2.82 bits per heavy atom. The second kappa shape index (κ2) is 8.74. The van der Waals surface area contributed by atoms with E-state index in [0.717, 1.165) is 5.01 Å². The summed E-state index contributed by atoms with van der Waals surface area (Å²) in [6.45, 7) is 2.37. The minimum Gasteiger partial charge on any atom is -0.493 e. The van der Waals surface area contributed by atoms with Crippen molar-refractivity contribution in [3.8, 4) is 11.5 Å². The molecule has 5 nitrogen and oxygen atoms in total. The third-order valence-corrected chi connectivity index (χ3v) is 5.05. The summed E-state index contributed by atoms with van der Waals surface area (Å²) in [6.07, 6.45) is -0.469. The Balaban J connectivity index is 1.61. The number of aliphatic hydroxyl groups excluding tert-OH is 1. The highest BCUT2D eigenvalue weighted by molar-refractivity contribution is 7.18. The fourth-order valence-corrected chi connectivity index (χ4v) is 3.83. The highest BCUT2D eigenvalue weighted by Crippen LogP contribution is 2.31.